The lowest BCUT2D eigenvalue weighted by Gasteiger charge is -2.45. The minimum Gasteiger partial charge on any atom is -0.467 e. The molecule has 1 aliphatic heterocycles. The molecule has 0 aliphatic carbocycles. The van der Waals surface area contributed by atoms with Crippen molar-refractivity contribution in [2.45, 2.75) is 65.0 Å². The fourth-order valence-electron chi connectivity index (χ4n) is 3.36. The van der Waals surface area contributed by atoms with Crippen LogP contribution in [0, 0.1) is 0 Å². The maximum atomic E-state index is 12.6. The van der Waals surface area contributed by atoms with E-state index in [1.165, 1.54) is 0 Å². The molecular weight excluding hydrogens is 729 g/mol. The summed E-state index contributed by atoms with van der Waals surface area (Å²) in [4.78, 5) is 72.8. The van der Waals surface area contributed by atoms with Crippen molar-refractivity contribution in [1.29, 1.82) is 0 Å². The molecule has 0 bridgehead atoms. The van der Waals surface area contributed by atoms with Crippen LogP contribution in [0.25, 0.3) is 0 Å². The van der Waals surface area contributed by atoms with E-state index in [-0.39, 0.29) is 0 Å². The zero-order valence-electron chi connectivity index (χ0n) is 23.3. The SMILES string of the molecule is COC(=O)[C@H](CO[C@@H]1O[C@H](COC(C)=O)[C@@H](OC(C)=O)[C@H](OC(C)=O)[C@H]1NC(=O)OCC(Cl)(Cl)Cl)NC(=O)OCC(Cl)(Cl)Cl. The van der Waals surface area contributed by atoms with Crippen molar-refractivity contribution in [1.82, 2.24) is 10.6 Å². The monoisotopic (exact) mass is 754 g/mol. The van der Waals surface area contributed by atoms with Crippen LogP contribution < -0.4 is 10.6 Å². The van der Waals surface area contributed by atoms with E-state index in [2.05, 4.69) is 15.4 Å². The number of carbonyl (C=O) groups is 6. The van der Waals surface area contributed by atoms with Crippen LogP contribution in [0.3, 0.4) is 0 Å². The second kappa shape index (κ2) is 18.3. The maximum absolute atomic E-state index is 12.6. The summed E-state index contributed by atoms with van der Waals surface area (Å²) in [5.41, 5.74) is 0. The van der Waals surface area contributed by atoms with Crippen LogP contribution in [0.2, 0.25) is 0 Å². The molecule has 0 aromatic rings. The molecule has 1 aliphatic rings. The molecule has 2 N–H and O–H groups in total. The number of alkyl halides is 6. The predicted octanol–water partition coefficient (Wildman–Crippen LogP) is 2.26. The van der Waals surface area contributed by atoms with Gasteiger partial charge in [-0.05, 0) is 0 Å². The largest absolute Gasteiger partial charge is 0.467 e. The van der Waals surface area contributed by atoms with Gasteiger partial charge in [0, 0.05) is 20.8 Å². The van der Waals surface area contributed by atoms with Crippen molar-refractivity contribution in [2.24, 2.45) is 0 Å². The van der Waals surface area contributed by atoms with Crippen molar-refractivity contribution in [3.05, 3.63) is 0 Å². The average molecular weight is 757 g/mol. The molecule has 16 nitrogen and oxygen atoms in total. The summed E-state index contributed by atoms with van der Waals surface area (Å²) in [5.74, 6) is -3.57. The van der Waals surface area contributed by atoms with E-state index in [4.69, 9.17) is 103 Å². The highest BCUT2D eigenvalue weighted by molar-refractivity contribution is 6.68. The Balaban J connectivity index is 3.41. The minimum atomic E-state index is -2.01. The Morgan fingerprint density at radius 3 is 1.77 bits per heavy atom. The lowest BCUT2D eigenvalue weighted by molar-refractivity contribution is -0.278. The number of hydrogen-bond acceptors (Lipinski definition) is 14. The number of nitrogens with one attached hydrogen (secondary N) is 2. The first kappa shape index (κ1) is 40.1. The molecule has 1 rings (SSSR count). The highest BCUT2D eigenvalue weighted by Gasteiger charge is 2.52. The molecule has 0 aromatic carbocycles. The molecular formula is C22H28Cl6N2O14. The summed E-state index contributed by atoms with van der Waals surface area (Å²) in [6, 6.07) is -3.16. The number of carbonyl (C=O) groups excluding carboxylic acids is 6. The molecule has 252 valence electrons. The van der Waals surface area contributed by atoms with Crippen LogP contribution in [0.4, 0.5) is 9.59 Å². The number of esters is 4. The first-order valence-corrected chi connectivity index (χ1v) is 14.3. The Morgan fingerprint density at radius 1 is 0.773 bits per heavy atom. The van der Waals surface area contributed by atoms with E-state index in [9.17, 15) is 28.8 Å². The zero-order valence-corrected chi connectivity index (χ0v) is 27.8. The third kappa shape index (κ3) is 15.9. The molecule has 1 saturated heterocycles. The van der Waals surface area contributed by atoms with Crippen molar-refractivity contribution in [2.75, 3.05) is 33.5 Å². The normalized spacial score (nSPS) is 22.5. The maximum Gasteiger partial charge on any atom is 0.408 e. The summed E-state index contributed by atoms with van der Waals surface area (Å²) in [6.07, 6.45) is -8.61. The lowest BCUT2D eigenvalue weighted by atomic mass is 9.96. The first-order chi connectivity index (χ1) is 20.2. The van der Waals surface area contributed by atoms with Gasteiger partial charge in [-0.3, -0.25) is 14.4 Å². The standard InChI is InChI=1S/C22H28Cl6N2O14/c1-9(31)38-6-13-15(42-10(2)32)16(43-11(3)33)14(30-20(36)41-8-22(26,27)28)18(44-13)39-5-12(17(34)37-4)29-19(35)40-7-21(23,24)25/h12-16,18H,5-8H2,1-4H3,(H,29,35)(H,30,36)/t12-,13+,14+,15+,16+,18+/m0/s1. The van der Waals surface area contributed by atoms with Crippen molar-refractivity contribution in [3.63, 3.8) is 0 Å². The molecule has 0 unspecified atom stereocenters. The molecule has 22 heteroatoms. The number of hydrogen-bond donors (Lipinski definition) is 2. The van der Waals surface area contributed by atoms with Crippen molar-refractivity contribution < 1.29 is 66.7 Å². The van der Waals surface area contributed by atoms with Gasteiger partial charge in [0.05, 0.1) is 13.7 Å². The van der Waals surface area contributed by atoms with Crippen molar-refractivity contribution in [3.8, 4) is 0 Å². The topological polar surface area (TPSA) is 200 Å². The van der Waals surface area contributed by atoms with E-state index in [1.807, 2.05) is 0 Å². The Kier molecular flexibility index (Phi) is 16.7. The van der Waals surface area contributed by atoms with Gasteiger partial charge in [0.1, 0.15) is 32.0 Å². The molecule has 2 amide bonds. The fourth-order valence-corrected chi connectivity index (χ4v) is 3.68. The highest BCUT2D eigenvalue weighted by Crippen LogP contribution is 2.29. The van der Waals surface area contributed by atoms with E-state index in [1.54, 1.807) is 0 Å². The summed E-state index contributed by atoms with van der Waals surface area (Å²) in [5, 5.41) is 4.42. The minimum absolute atomic E-state index is 0.558. The van der Waals surface area contributed by atoms with Gasteiger partial charge in [-0.15, -0.1) is 0 Å². The number of alkyl carbamates (subject to hydrolysis) is 2. The Hall–Kier alpha value is -1.92. The van der Waals surface area contributed by atoms with Gasteiger partial charge in [-0.2, -0.15) is 0 Å². The first-order valence-electron chi connectivity index (χ1n) is 12.0. The van der Waals surface area contributed by atoms with Crippen LogP contribution in [-0.4, -0.2) is 114 Å². The van der Waals surface area contributed by atoms with Gasteiger partial charge in [-0.25, -0.2) is 14.4 Å². The number of amides is 2. The predicted molar refractivity (Wildman–Crippen MR) is 151 cm³/mol. The Bertz CT molecular complexity index is 1040. The summed E-state index contributed by atoms with van der Waals surface area (Å²) < 4.78 is 37.4. The molecule has 0 saturated carbocycles. The molecule has 1 heterocycles. The van der Waals surface area contributed by atoms with E-state index in [0.29, 0.717) is 0 Å². The second-order valence-corrected chi connectivity index (χ2v) is 13.6. The summed E-state index contributed by atoms with van der Waals surface area (Å²) in [6.45, 7) is 0.405. The summed E-state index contributed by atoms with van der Waals surface area (Å²) >= 11 is 33.5. The lowest BCUT2D eigenvalue weighted by Crippen LogP contribution is -2.67. The molecule has 1 fully saturated rings. The van der Waals surface area contributed by atoms with Crippen LogP contribution >= 0.6 is 69.6 Å². The molecule has 0 aromatic heterocycles. The van der Waals surface area contributed by atoms with E-state index in [0.717, 1.165) is 27.9 Å². The number of halogens is 6. The van der Waals surface area contributed by atoms with Gasteiger partial charge in [0.25, 0.3) is 0 Å². The fraction of sp³-hybridized carbons (Fsp3) is 0.727. The third-order valence-corrected chi connectivity index (χ3v) is 5.58. The van der Waals surface area contributed by atoms with Crippen LogP contribution in [0.1, 0.15) is 20.8 Å². The third-order valence-electron chi connectivity index (χ3n) is 4.92. The highest BCUT2D eigenvalue weighted by atomic mass is 35.6. The molecule has 0 spiro atoms. The van der Waals surface area contributed by atoms with Crippen LogP contribution in [-0.2, 0) is 57.1 Å². The molecule has 0 radical (unpaired) electrons. The second-order valence-electron chi connectivity index (χ2n) is 8.60. The van der Waals surface area contributed by atoms with Gasteiger partial charge < -0.3 is 48.5 Å². The Labute approximate surface area is 280 Å². The molecule has 6 atom stereocenters. The quantitative estimate of drug-likeness (QED) is 0.167. The Morgan fingerprint density at radius 2 is 1.30 bits per heavy atom. The van der Waals surface area contributed by atoms with E-state index < -0.39 is 107 Å². The van der Waals surface area contributed by atoms with E-state index >= 15 is 0 Å². The zero-order chi connectivity index (χ0) is 33.8. The number of rotatable bonds is 12. The van der Waals surface area contributed by atoms with Gasteiger partial charge in [-0.1, -0.05) is 69.6 Å². The van der Waals surface area contributed by atoms with Crippen molar-refractivity contribution >= 4 is 106 Å². The summed E-state index contributed by atoms with van der Waals surface area (Å²) in [7, 11) is 1.00. The van der Waals surface area contributed by atoms with Gasteiger partial charge in [0.15, 0.2) is 24.5 Å². The van der Waals surface area contributed by atoms with Crippen LogP contribution in [0.15, 0.2) is 0 Å². The van der Waals surface area contributed by atoms with Crippen LogP contribution in [0.5, 0.6) is 0 Å². The average Bonchev–Trinajstić information content (AvgIpc) is 2.88. The van der Waals surface area contributed by atoms with Gasteiger partial charge in [0.2, 0.25) is 7.59 Å². The van der Waals surface area contributed by atoms with Gasteiger partial charge >= 0.3 is 36.1 Å². The number of methoxy groups -OCH3 is 1. The number of ether oxygens (including phenoxy) is 8. The smallest absolute Gasteiger partial charge is 0.408 e. The molecule has 44 heavy (non-hydrogen) atoms.